The Morgan fingerprint density at radius 2 is 1.55 bits per heavy atom. The molecule has 3 aromatic rings. The predicted octanol–water partition coefficient (Wildman–Crippen LogP) is 5.79. The van der Waals surface area contributed by atoms with Crippen LogP contribution in [-0.2, 0) is 9.84 Å². The molecule has 2 heterocycles. The fourth-order valence-electron chi connectivity index (χ4n) is 4.52. The van der Waals surface area contributed by atoms with E-state index in [9.17, 15) is 8.42 Å². The van der Waals surface area contributed by atoms with Crippen LogP contribution in [0.1, 0.15) is 47.1 Å². The smallest absolute Gasteiger partial charge is 0.248 e. The standard InChI is InChI=1S/C25H31N3O3SSi/c1-17(2)33(18(3)4,19(5)6)14-13-20-15-23(31-21-11-9-8-10-12-21)27-24-22(20)16-26-25(28-24)32(7,29)30/h8-12,15-19H,1-7H3. The molecule has 0 unspecified atom stereocenters. The zero-order valence-electron chi connectivity index (χ0n) is 20.2. The van der Waals surface area contributed by atoms with Gasteiger partial charge in [-0.3, -0.25) is 0 Å². The van der Waals surface area contributed by atoms with Gasteiger partial charge in [-0.15, -0.1) is 5.54 Å². The van der Waals surface area contributed by atoms with Crippen LogP contribution in [0.15, 0.2) is 47.8 Å². The molecule has 0 aliphatic carbocycles. The number of rotatable bonds is 6. The number of fused-ring (bicyclic) bond motifs is 1. The van der Waals surface area contributed by atoms with Gasteiger partial charge in [0.2, 0.25) is 20.9 Å². The molecule has 0 aliphatic heterocycles. The van der Waals surface area contributed by atoms with Gasteiger partial charge in [0.05, 0.1) is 5.39 Å². The molecular weight excluding hydrogens is 450 g/mol. The fraction of sp³-hybridized carbons (Fsp3) is 0.400. The van der Waals surface area contributed by atoms with Gasteiger partial charge in [-0.25, -0.2) is 13.4 Å². The minimum Gasteiger partial charge on any atom is -0.439 e. The Morgan fingerprint density at radius 1 is 0.939 bits per heavy atom. The largest absolute Gasteiger partial charge is 0.439 e. The lowest BCUT2D eigenvalue weighted by atomic mass is 10.2. The van der Waals surface area contributed by atoms with Crippen LogP contribution in [0, 0.1) is 11.5 Å². The number of nitrogens with zero attached hydrogens (tertiary/aromatic N) is 3. The number of ether oxygens (including phenoxy) is 1. The summed E-state index contributed by atoms with van der Waals surface area (Å²) in [7, 11) is -5.57. The zero-order valence-corrected chi connectivity index (χ0v) is 22.1. The lowest BCUT2D eigenvalue weighted by molar-refractivity contribution is 0.464. The summed E-state index contributed by atoms with van der Waals surface area (Å²) in [4.78, 5) is 12.7. The second kappa shape index (κ2) is 9.62. The molecule has 0 amide bonds. The lowest BCUT2D eigenvalue weighted by Gasteiger charge is -2.38. The molecule has 0 bridgehead atoms. The average Bonchev–Trinajstić information content (AvgIpc) is 2.73. The minimum absolute atomic E-state index is 0.245. The predicted molar refractivity (Wildman–Crippen MR) is 135 cm³/mol. The molecule has 0 saturated heterocycles. The van der Waals surface area contributed by atoms with E-state index in [1.165, 1.54) is 6.20 Å². The molecule has 0 atom stereocenters. The Balaban J connectivity index is 2.24. The van der Waals surface area contributed by atoms with Gasteiger partial charge >= 0.3 is 0 Å². The molecule has 0 N–H and O–H groups in total. The molecule has 174 valence electrons. The normalized spacial score (nSPS) is 12.3. The van der Waals surface area contributed by atoms with Crippen molar-refractivity contribution in [2.75, 3.05) is 6.26 Å². The third-order valence-electron chi connectivity index (χ3n) is 6.10. The number of hydrogen-bond donors (Lipinski definition) is 0. The molecule has 3 rings (SSSR count). The Morgan fingerprint density at radius 3 is 2.09 bits per heavy atom. The summed E-state index contributed by atoms with van der Waals surface area (Å²) in [5, 5.41) is 0.336. The highest BCUT2D eigenvalue weighted by Gasteiger charge is 2.41. The quantitative estimate of drug-likeness (QED) is 0.252. The van der Waals surface area contributed by atoms with Gasteiger partial charge in [0.15, 0.2) is 5.65 Å². The van der Waals surface area contributed by atoms with Crippen molar-refractivity contribution in [3.05, 3.63) is 48.2 Å². The third kappa shape index (κ3) is 5.26. The molecule has 0 fully saturated rings. The monoisotopic (exact) mass is 481 g/mol. The van der Waals surface area contributed by atoms with Gasteiger partial charge < -0.3 is 4.74 Å². The van der Waals surface area contributed by atoms with Crippen molar-refractivity contribution >= 4 is 28.9 Å². The van der Waals surface area contributed by atoms with Gasteiger partial charge in [-0.2, -0.15) is 9.97 Å². The summed E-state index contributed by atoms with van der Waals surface area (Å²) in [6.07, 6.45) is 2.57. The van der Waals surface area contributed by atoms with Crippen LogP contribution < -0.4 is 4.74 Å². The minimum atomic E-state index is -3.58. The van der Waals surface area contributed by atoms with Crippen molar-refractivity contribution in [1.82, 2.24) is 15.0 Å². The second-order valence-corrected chi connectivity index (χ2v) is 16.7. The van der Waals surface area contributed by atoms with E-state index in [-0.39, 0.29) is 10.8 Å². The summed E-state index contributed by atoms with van der Waals surface area (Å²) < 4.78 is 30.0. The van der Waals surface area contributed by atoms with Crippen molar-refractivity contribution in [1.29, 1.82) is 0 Å². The van der Waals surface area contributed by atoms with Crippen molar-refractivity contribution < 1.29 is 13.2 Å². The van der Waals surface area contributed by atoms with E-state index >= 15 is 0 Å². The van der Waals surface area contributed by atoms with Crippen molar-refractivity contribution in [3.8, 4) is 23.1 Å². The van der Waals surface area contributed by atoms with Crippen LogP contribution in [-0.4, -0.2) is 37.7 Å². The van der Waals surface area contributed by atoms with Gasteiger partial charge in [0.1, 0.15) is 13.8 Å². The molecular formula is C25H31N3O3SSi. The van der Waals surface area contributed by atoms with E-state index in [1.807, 2.05) is 30.3 Å². The van der Waals surface area contributed by atoms with Gasteiger partial charge in [-0.1, -0.05) is 65.7 Å². The first-order valence-corrected chi connectivity index (χ1v) is 15.2. The van der Waals surface area contributed by atoms with E-state index in [4.69, 9.17) is 4.74 Å². The number of benzene rings is 1. The van der Waals surface area contributed by atoms with E-state index in [0.29, 0.717) is 39.2 Å². The Kier molecular flexibility index (Phi) is 7.25. The molecule has 2 aromatic heterocycles. The van der Waals surface area contributed by atoms with Crippen molar-refractivity contribution in [2.45, 2.75) is 63.3 Å². The van der Waals surface area contributed by atoms with E-state index in [1.54, 1.807) is 6.07 Å². The summed E-state index contributed by atoms with van der Waals surface area (Å²) in [5.41, 5.74) is 6.07. The maximum atomic E-state index is 12.0. The molecule has 33 heavy (non-hydrogen) atoms. The molecule has 6 nitrogen and oxygen atoms in total. The first-order chi connectivity index (χ1) is 15.4. The van der Waals surface area contributed by atoms with E-state index in [2.05, 4.69) is 68.0 Å². The SMILES string of the molecule is CC(C)[Si](C#Cc1cc(Oc2ccccc2)nc2nc(S(C)(=O)=O)ncc12)(C(C)C)C(C)C. The first-order valence-electron chi connectivity index (χ1n) is 11.1. The maximum Gasteiger partial charge on any atom is 0.248 e. The lowest BCUT2D eigenvalue weighted by Crippen LogP contribution is -2.43. The van der Waals surface area contributed by atoms with Gasteiger partial charge in [0, 0.05) is 24.1 Å². The molecule has 8 heteroatoms. The van der Waals surface area contributed by atoms with Crippen LogP contribution >= 0.6 is 0 Å². The number of aromatic nitrogens is 3. The van der Waals surface area contributed by atoms with Crippen molar-refractivity contribution in [3.63, 3.8) is 0 Å². The average molecular weight is 482 g/mol. The highest BCUT2D eigenvalue weighted by atomic mass is 32.2. The van der Waals surface area contributed by atoms with Crippen LogP contribution in [0.4, 0.5) is 0 Å². The summed E-state index contributed by atoms with van der Waals surface area (Å²) >= 11 is 0. The zero-order chi connectivity index (χ0) is 24.4. The summed E-state index contributed by atoms with van der Waals surface area (Å²) in [6, 6.07) is 11.1. The summed E-state index contributed by atoms with van der Waals surface area (Å²) in [5.74, 6) is 4.35. The first kappa shape index (κ1) is 24.9. The Hall–Kier alpha value is -2.76. The third-order valence-corrected chi connectivity index (χ3v) is 13.2. The van der Waals surface area contributed by atoms with Crippen LogP contribution in [0.25, 0.3) is 11.0 Å². The Labute approximate surface area is 197 Å². The molecule has 1 aromatic carbocycles. The van der Waals surface area contributed by atoms with E-state index < -0.39 is 17.9 Å². The molecule has 0 radical (unpaired) electrons. The van der Waals surface area contributed by atoms with Crippen LogP contribution in [0.2, 0.25) is 16.6 Å². The topological polar surface area (TPSA) is 82.0 Å². The molecule has 0 spiro atoms. The molecule has 0 saturated carbocycles. The molecule has 0 aliphatic rings. The van der Waals surface area contributed by atoms with Crippen LogP contribution in [0.3, 0.4) is 0 Å². The van der Waals surface area contributed by atoms with E-state index in [0.717, 1.165) is 6.26 Å². The number of pyridine rings is 1. The highest BCUT2D eigenvalue weighted by Crippen LogP contribution is 2.41. The number of hydrogen-bond acceptors (Lipinski definition) is 6. The van der Waals surface area contributed by atoms with Crippen LogP contribution in [0.5, 0.6) is 11.6 Å². The van der Waals surface area contributed by atoms with Gasteiger partial charge in [-0.05, 0) is 28.8 Å². The number of para-hydroxylation sites is 1. The Bertz CT molecular complexity index is 1290. The number of sulfone groups is 1. The van der Waals surface area contributed by atoms with Crippen molar-refractivity contribution in [2.24, 2.45) is 0 Å². The highest BCUT2D eigenvalue weighted by molar-refractivity contribution is 7.90. The maximum absolute atomic E-state index is 12.0. The summed E-state index contributed by atoms with van der Waals surface area (Å²) in [6.45, 7) is 13.6. The second-order valence-electron chi connectivity index (χ2n) is 9.23. The van der Waals surface area contributed by atoms with Gasteiger partial charge in [0.25, 0.3) is 0 Å². The fourth-order valence-corrected chi connectivity index (χ4v) is 10.2.